The van der Waals surface area contributed by atoms with E-state index in [0.29, 0.717) is 16.7 Å². The lowest BCUT2D eigenvalue weighted by Gasteiger charge is -2.57. The predicted octanol–water partition coefficient (Wildman–Crippen LogP) is 6.13. The van der Waals surface area contributed by atoms with E-state index >= 15 is 0 Å². The summed E-state index contributed by atoms with van der Waals surface area (Å²) < 4.78 is 5.62. The molecule has 1 spiro atoms. The molecule has 0 unspecified atom stereocenters. The van der Waals surface area contributed by atoms with E-state index in [9.17, 15) is 4.79 Å². The Hall–Kier alpha value is -2.60. The molecule has 2 saturated carbocycles. The molecule has 2 aromatic carbocycles. The average Bonchev–Trinajstić information content (AvgIpc) is 2.66. The van der Waals surface area contributed by atoms with Crippen molar-refractivity contribution in [3.05, 3.63) is 54.1 Å². The second-order valence-corrected chi connectivity index (χ2v) is 8.66. The highest BCUT2D eigenvalue weighted by atomic mass is 16.5. The van der Waals surface area contributed by atoms with Crippen molar-refractivity contribution in [1.82, 2.24) is 0 Å². The molecule has 0 radical (unpaired) electrons. The van der Waals surface area contributed by atoms with Gasteiger partial charge in [0.2, 0.25) is 0 Å². The fourth-order valence-electron chi connectivity index (χ4n) is 5.00. The number of carbonyl (C=O) groups is 1. The second-order valence-electron chi connectivity index (χ2n) is 8.66. The van der Waals surface area contributed by atoms with Crippen LogP contribution in [0.15, 0.2) is 48.5 Å². The lowest BCUT2D eigenvalue weighted by atomic mass is 9.47. The number of hydrogen-bond acceptors (Lipinski definition) is 3. The van der Waals surface area contributed by atoms with Gasteiger partial charge < -0.3 is 4.74 Å². The third kappa shape index (κ3) is 3.83. The van der Waals surface area contributed by atoms with Crippen LogP contribution >= 0.6 is 0 Å². The van der Waals surface area contributed by atoms with E-state index in [4.69, 9.17) is 10.00 Å². The molecule has 2 fully saturated rings. The molecule has 28 heavy (non-hydrogen) atoms. The topological polar surface area (TPSA) is 50.1 Å². The Labute approximate surface area is 167 Å². The molecule has 0 amide bonds. The Morgan fingerprint density at radius 1 is 1.04 bits per heavy atom. The first kappa shape index (κ1) is 18.7. The van der Waals surface area contributed by atoms with E-state index in [2.05, 4.69) is 13.0 Å². The molecular formula is C25H27NO2. The van der Waals surface area contributed by atoms with E-state index in [1.165, 1.54) is 32.1 Å². The first-order valence-electron chi connectivity index (χ1n) is 10.4. The average molecular weight is 373 g/mol. The van der Waals surface area contributed by atoms with Crippen LogP contribution in [-0.4, -0.2) is 5.97 Å². The minimum absolute atomic E-state index is 0.0744. The van der Waals surface area contributed by atoms with Gasteiger partial charge in [-0.15, -0.1) is 0 Å². The standard InChI is InChI=1S/C25H27NO2/c1-2-3-4-19-13-25(14-19)15-22(16-25)24(27)28-23-11-9-21(10-12-23)20-7-5-18(17-26)6-8-20/h5-12,19,22H,2-4,13-16H2,1H3. The fourth-order valence-corrected chi connectivity index (χ4v) is 5.00. The SMILES string of the molecule is CCCCC1CC2(C1)CC(C(=O)Oc1ccc(-c3ccc(C#N)cc3)cc1)C2. The molecule has 2 aliphatic rings. The van der Waals surface area contributed by atoms with Crippen LogP contribution in [0.4, 0.5) is 0 Å². The van der Waals surface area contributed by atoms with Gasteiger partial charge in [-0.3, -0.25) is 4.79 Å². The molecule has 144 valence electrons. The van der Waals surface area contributed by atoms with Crippen molar-refractivity contribution in [1.29, 1.82) is 5.26 Å². The zero-order valence-electron chi connectivity index (χ0n) is 16.5. The maximum absolute atomic E-state index is 12.4. The van der Waals surface area contributed by atoms with E-state index in [0.717, 1.165) is 29.9 Å². The van der Waals surface area contributed by atoms with Crippen molar-refractivity contribution in [2.24, 2.45) is 17.3 Å². The Morgan fingerprint density at radius 3 is 2.21 bits per heavy atom. The highest BCUT2D eigenvalue weighted by Crippen LogP contribution is 2.62. The Kier molecular flexibility index (Phi) is 5.22. The van der Waals surface area contributed by atoms with Crippen molar-refractivity contribution in [2.45, 2.75) is 51.9 Å². The minimum atomic E-state index is -0.0752. The van der Waals surface area contributed by atoms with Gasteiger partial charge in [-0.05, 0) is 72.4 Å². The zero-order chi connectivity index (χ0) is 19.6. The summed E-state index contributed by atoms with van der Waals surface area (Å²) in [4.78, 5) is 12.4. The first-order chi connectivity index (χ1) is 13.6. The van der Waals surface area contributed by atoms with Gasteiger partial charge in [0.15, 0.2) is 0 Å². The van der Waals surface area contributed by atoms with Gasteiger partial charge in [-0.2, -0.15) is 5.26 Å². The molecule has 0 saturated heterocycles. The third-order valence-corrected chi connectivity index (χ3v) is 6.52. The van der Waals surface area contributed by atoms with Crippen LogP contribution in [0.1, 0.15) is 57.4 Å². The van der Waals surface area contributed by atoms with Crippen molar-refractivity contribution in [3.8, 4) is 22.9 Å². The van der Waals surface area contributed by atoms with Crippen LogP contribution in [0.3, 0.4) is 0 Å². The number of rotatable bonds is 6. The Balaban J connectivity index is 1.27. The minimum Gasteiger partial charge on any atom is -0.426 e. The molecular weight excluding hydrogens is 346 g/mol. The number of nitrogens with zero attached hydrogens (tertiary/aromatic N) is 1. The van der Waals surface area contributed by atoms with Crippen LogP contribution in [-0.2, 0) is 4.79 Å². The van der Waals surface area contributed by atoms with Gasteiger partial charge in [0.25, 0.3) is 0 Å². The lowest BCUT2D eigenvalue weighted by molar-refractivity contribution is -0.155. The largest absolute Gasteiger partial charge is 0.426 e. The first-order valence-corrected chi connectivity index (χ1v) is 10.4. The van der Waals surface area contributed by atoms with Crippen LogP contribution in [0.25, 0.3) is 11.1 Å². The second kappa shape index (κ2) is 7.80. The summed E-state index contributed by atoms with van der Waals surface area (Å²) in [5.41, 5.74) is 3.19. The van der Waals surface area contributed by atoms with Gasteiger partial charge in [0.05, 0.1) is 17.6 Å². The van der Waals surface area contributed by atoms with Gasteiger partial charge in [-0.1, -0.05) is 50.5 Å². The summed E-state index contributed by atoms with van der Waals surface area (Å²) in [6, 6.07) is 17.2. The number of ether oxygens (including phenoxy) is 1. The monoisotopic (exact) mass is 373 g/mol. The number of hydrogen-bond donors (Lipinski definition) is 0. The van der Waals surface area contributed by atoms with E-state index in [1.54, 1.807) is 0 Å². The van der Waals surface area contributed by atoms with Gasteiger partial charge in [0, 0.05) is 0 Å². The van der Waals surface area contributed by atoms with Gasteiger partial charge >= 0.3 is 5.97 Å². The predicted molar refractivity (Wildman–Crippen MR) is 110 cm³/mol. The molecule has 0 heterocycles. The van der Waals surface area contributed by atoms with Crippen LogP contribution in [0.5, 0.6) is 5.75 Å². The Bertz CT molecular complexity index is 862. The molecule has 3 heteroatoms. The number of unbranched alkanes of at least 4 members (excludes halogenated alkanes) is 1. The molecule has 0 aromatic heterocycles. The molecule has 2 aromatic rings. The smallest absolute Gasteiger partial charge is 0.314 e. The molecule has 3 nitrogen and oxygen atoms in total. The number of benzene rings is 2. The maximum Gasteiger partial charge on any atom is 0.314 e. The van der Waals surface area contributed by atoms with Crippen molar-refractivity contribution < 1.29 is 9.53 Å². The summed E-state index contributed by atoms with van der Waals surface area (Å²) in [5, 5.41) is 8.89. The summed E-state index contributed by atoms with van der Waals surface area (Å²) >= 11 is 0. The summed E-state index contributed by atoms with van der Waals surface area (Å²) in [7, 11) is 0. The van der Waals surface area contributed by atoms with E-state index in [-0.39, 0.29) is 11.9 Å². The summed E-state index contributed by atoms with van der Waals surface area (Å²) in [6.45, 7) is 2.25. The summed E-state index contributed by atoms with van der Waals surface area (Å²) in [5.74, 6) is 1.50. The normalized spacial score (nSPS) is 25.4. The molecule has 4 rings (SSSR count). The number of carbonyl (C=O) groups excluding carboxylic acids is 1. The highest BCUT2D eigenvalue weighted by Gasteiger charge is 2.54. The molecule has 2 aliphatic carbocycles. The number of nitriles is 1. The van der Waals surface area contributed by atoms with Crippen LogP contribution in [0, 0.1) is 28.6 Å². The highest BCUT2D eigenvalue weighted by molar-refractivity contribution is 5.77. The van der Waals surface area contributed by atoms with Crippen LogP contribution < -0.4 is 4.74 Å². The molecule has 0 bridgehead atoms. The van der Waals surface area contributed by atoms with E-state index < -0.39 is 0 Å². The number of esters is 1. The van der Waals surface area contributed by atoms with Crippen molar-refractivity contribution in [2.75, 3.05) is 0 Å². The molecule has 0 atom stereocenters. The van der Waals surface area contributed by atoms with Gasteiger partial charge in [-0.25, -0.2) is 0 Å². The van der Waals surface area contributed by atoms with E-state index in [1.807, 2.05) is 48.5 Å². The molecule has 0 N–H and O–H groups in total. The van der Waals surface area contributed by atoms with Crippen LogP contribution in [0.2, 0.25) is 0 Å². The fraction of sp³-hybridized carbons (Fsp3) is 0.440. The van der Waals surface area contributed by atoms with Crippen molar-refractivity contribution >= 4 is 5.97 Å². The third-order valence-electron chi connectivity index (χ3n) is 6.52. The quantitative estimate of drug-likeness (QED) is 0.452. The molecule has 0 aliphatic heterocycles. The lowest BCUT2D eigenvalue weighted by Crippen LogP contribution is -2.50. The summed E-state index contributed by atoms with van der Waals surface area (Å²) in [6.07, 6.45) is 8.63. The Morgan fingerprint density at radius 2 is 1.64 bits per heavy atom. The zero-order valence-corrected chi connectivity index (χ0v) is 16.5. The van der Waals surface area contributed by atoms with Crippen molar-refractivity contribution in [3.63, 3.8) is 0 Å². The van der Waals surface area contributed by atoms with Gasteiger partial charge in [0.1, 0.15) is 5.75 Å². The maximum atomic E-state index is 12.4.